The summed E-state index contributed by atoms with van der Waals surface area (Å²) >= 11 is 0. The van der Waals surface area contributed by atoms with Gasteiger partial charge in [-0.05, 0) is 12.8 Å². The van der Waals surface area contributed by atoms with Crippen LogP contribution in [0.4, 0.5) is 5.82 Å². The molecule has 1 aromatic heterocycles. The van der Waals surface area contributed by atoms with E-state index in [1.807, 2.05) is 13.8 Å². The molecule has 2 amide bonds. The second kappa shape index (κ2) is 7.56. The molecule has 1 aromatic rings. The second-order valence-electron chi connectivity index (χ2n) is 4.47. The van der Waals surface area contributed by atoms with Crippen LogP contribution < -0.4 is 10.6 Å². The number of carbonyl (C=O) groups is 2. The van der Waals surface area contributed by atoms with Crippen LogP contribution in [-0.2, 0) is 16.1 Å². The van der Waals surface area contributed by atoms with Crippen molar-refractivity contribution >= 4 is 17.6 Å². The van der Waals surface area contributed by atoms with Gasteiger partial charge in [-0.2, -0.15) is 5.10 Å². The molecule has 0 aliphatic carbocycles. The summed E-state index contributed by atoms with van der Waals surface area (Å²) in [5, 5.41) is 9.62. The van der Waals surface area contributed by atoms with Gasteiger partial charge in [0.2, 0.25) is 11.8 Å². The van der Waals surface area contributed by atoms with Gasteiger partial charge in [-0.1, -0.05) is 20.3 Å². The highest BCUT2D eigenvalue weighted by molar-refractivity contribution is 5.96. The van der Waals surface area contributed by atoms with Crippen LogP contribution in [-0.4, -0.2) is 27.6 Å². The predicted octanol–water partition coefficient (Wildman–Crippen LogP) is 1.54. The van der Waals surface area contributed by atoms with Gasteiger partial charge in [0.1, 0.15) is 11.9 Å². The maximum atomic E-state index is 12.1. The summed E-state index contributed by atoms with van der Waals surface area (Å²) in [5.41, 5.74) is 0. The number of hydrogen-bond donors (Lipinski definition) is 2. The second-order valence-corrected chi connectivity index (χ2v) is 4.47. The number of amides is 2. The molecule has 106 valence electrons. The van der Waals surface area contributed by atoms with Crippen molar-refractivity contribution in [2.45, 2.75) is 52.6 Å². The van der Waals surface area contributed by atoms with Crippen molar-refractivity contribution in [3.63, 3.8) is 0 Å². The SMILES string of the molecule is CCCC(NC(C)=O)C(=O)Nc1ccnn1CCC. The smallest absolute Gasteiger partial charge is 0.248 e. The molecule has 19 heavy (non-hydrogen) atoms. The molecule has 1 heterocycles. The molecule has 0 fully saturated rings. The van der Waals surface area contributed by atoms with Gasteiger partial charge in [0.05, 0.1) is 6.20 Å². The van der Waals surface area contributed by atoms with Crippen LogP contribution in [0.3, 0.4) is 0 Å². The van der Waals surface area contributed by atoms with Gasteiger partial charge in [-0.15, -0.1) is 0 Å². The molecule has 1 atom stereocenters. The van der Waals surface area contributed by atoms with Crippen molar-refractivity contribution in [1.82, 2.24) is 15.1 Å². The number of nitrogens with zero attached hydrogens (tertiary/aromatic N) is 2. The lowest BCUT2D eigenvalue weighted by atomic mass is 10.1. The minimum Gasteiger partial charge on any atom is -0.345 e. The average molecular weight is 266 g/mol. The van der Waals surface area contributed by atoms with E-state index in [1.54, 1.807) is 16.9 Å². The maximum absolute atomic E-state index is 12.1. The third-order valence-corrected chi connectivity index (χ3v) is 2.67. The first-order chi connectivity index (χ1) is 9.08. The summed E-state index contributed by atoms with van der Waals surface area (Å²) < 4.78 is 1.74. The lowest BCUT2D eigenvalue weighted by molar-refractivity contribution is -0.125. The largest absolute Gasteiger partial charge is 0.345 e. The number of nitrogens with one attached hydrogen (secondary N) is 2. The summed E-state index contributed by atoms with van der Waals surface area (Å²) in [5.74, 6) is 0.267. The molecular formula is C13H22N4O2. The van der Waals surface area contributed by atoms with E-state index in [0.29, 0.717) is 12.2 Å². The number of hydrogen-bond acceptors (Lipinski definition) is 3. The standard InChI is InChI=1S/C13H22N4O2/c1-4-6-11(15-10(3)18)13(19)16-12-7-8-14-17(12)9-5-2/h7-8,11H,4-6,9H2,1-3H3,(H,15,18)(H,16,19). The highest BCUT2D eigenvalue weighted by Gasteiger charge is 2.19. The minimum absolute atomic E-state index is 0.198. The van der Waals surface area contributed by atoms with Gasteiger partial charge in [0, 0.05) is 19.5 Å². The molecule has 0 saturated heterocycles. The Balaban J connectivity index is 2.69. The topological polar surface area (TPSA) is 76.0 Å². The van der Waals surface area contributed by atoms with Crippen molar-refractivity contribution < 1.29 is 9.59 Å². The lowest BCUT2D eigenvalue weighted by Crippen LogP contribution is -2.43. The first kappa shape index (κ1) is 15.2. The third-order valence-electron chi connectivity index (χ3n) is 2.67. The van der Waals surface area contributed by atoms with Gasteiger partial charge in [-0.3, -0.25) is 9.59 Å². The molecule has 6 nitrogen and oxygen atoms in total. The minimum atomic E-state index is -0.493. The van der Waals surface area contributed by atoms with E-state index in [0.717, 1.165) is 19.4 Å². The summed E-state index contributed by atoms with van der Waals surface area (Å²) in [6.45, 7) is 6.19. The molecule has 1 unspecified atom stereocenters. The van der Waals surface area contributed by atoms with E-state index in [9.17, 15) is 9.59 Å². The Morgan fingerprint density at radius 1 is 1.37 bits per heavy atom. The van der Waals surface area contributed by atoms with Crippen LogP contribution in [0.2, 0.25) is 0 Å². The fraction of sp³-hybridized carbons (Fsp3) is 0.615. The number of carbonyl (C=O) groups excluding carboxylic acids is 2. The van der Waals surface area contributed by atoms with Crippen molar-refractivity contribution in [3.05, 3.63) is 12.3 Å². The fourth-order valence-electron chi connectivity index (χ4n) is 1.85. The first-order valence-electron chi connectivity index (χ1n) is 6.68. The van der Waals surface area contributed by atoms with E-state index >= 15 is 0 Å². The average Bonchev–Trinajstić information content (AvgIpc) is 2.76. The molecule has 0 radical (unpaired) electrons. The molecule has 0 spiro atoms. The summed E-state index contributed by atoms with van der Waals surface area (Å²) in [6, 6.07) is 1.26. The van der Waals surface area contributed by atoms with Crippen molar-refractivity contribution in [2.75, 3.05) is 5.32 Å². The highest BCUT2D eigenvalue weighted by Crippen LogP contribution is 2.09. The Morgan fingerprint density at radius 2 is 2.11 bits per heavy atom. The number of aryl methyl sites for hydroxylation is 1. The van der Waals surface area contributed by atoms with Gasteiger partial charge in [-0.25, -0.2) is 4.68 Å². The first-order valence-corrected chi connectivity index (χ1v) is 6.68. The third kappa shape index (κ3) is 4.73. The van der Waals surface area contributed by atoms with E-state index in [-0.39, 0.29) is 11.8 Å². The Morgan fingerprint density at radius 3 is 2.68 bits per heavy atom. The van der Waals surface area contributed by atoms with Gasteiger partial charge >= 0.3 is 0 Å². The van der Waals surface area contributed by atoms with E-state index in [2.05, 4.69) is 15.7 Å². The highest BCUT2D eigenvalue weighted by atomic mass is 16.2. The van der Waals surface area contributed by atoms with Crippen LogP contribution in [0.25, 0.3) is 0 Å². The predicted molar refractivity (Wildman–Crippen MR) is 73.7 cm³/mol. The van der Waals surface area contributed by atoms with Gasteiger partial charge in [0.15, 0.2) is 0 Å². The van der Waals surface area contributed by atoms with Crippen LogP contribution in [0.1, 0.15) is 40.0 Å². The molecule has 1 rings (SSSR count). The fourth-order valence-corrected chi connectivity index (χ4v) is 1.85. The molecule has 0 aromatic carbocycles. The Hall–Kier alpha value is -1.85. The quantitative estimate of drug-likeness (QED) is 0.786. The van der Waals surface area contributed by atoms with Crippen LogP contribution in [0, 0.1) is 0 Å². The van der Waals surface area contributed by atoms with Crippen molar-refractivity contribution in [3.8, 4) is 0 Å². The summed E-state index contributed by atoms with van der Waals surface area (Å²) in [7, 11) is 0. The number of aromatic nitrogens is 2. The van der Waals surface area contributed by atoms with E-state index in [1.165, 1.54) is 6.92 Å². The van der Waals surface area contributed by atoms with Crippen molar-refractivity contribution in [1.29, 1.82) is 0 Å². The molecule has 2 N–H and O–H groups in total. The molecule has 0 aliphatic heterocycles. The number of anilines is 1. The molecule has 0 bridgehead atoms. The monoisotopic (exact) mass is 266 g/mol. The number of rotatable bonds is 7. The molecule has 0 aliphatic rings. The zero-order chi connectivity index (χ0) is 14.3. The summed E-state index contributed by atoms with van der Waals surface area (Å²) in [6.07, 6.45) is 4.03. The zero-order valence-corrected chi connectivity index (χ0v) is 11.8. The van der Waals surface area contributed by atoms with E-state index < -0.39 is 6.04 Å². The Labute approximate surface area is 113 Å². The maximum Gasteiger partial charge on any atom is 0.248 e. The van der Waals surface area contributed by atoms with Crippen LogP contribution in [0.5, 0.6) is 0 Å². The lowest BCUT2D eigenvalue weighted by Gasteiger charge is -2.17. The normalized spacial score (nSPS) is 11.9. The Bertz CT molecular complexity index is 428. The molecule has 6 heteroatoms. The zero-order valence-electron chi connectivity index (χ0n) is 11.8. The van der Waals surface area contributed by atoms with E-state index in [4.69, 9.17) is 0 Å². The summed E-state index contributed by atoms with van der Waals surface area (Å²) in [4.78, 5) is 23.2. The van der Waals surface area contributed by atoms with Gasteiger partial charge < -0.3 is 10.6 Å². The van der Waals surface area contributed by atoms with Crippen molar-refractivity contribution in [2.24, 2.45) is 0 Å². The van der Waals surface area contributed by atoms with Crippen LogP contribution >= 0.6 is 0 Å². The van der Waals surface area contributed by atoms with Gasteiger partial charge in [0.25, 0.3) is 0 Å². The van der Waals surface area contributed by atoms with Crippen LogP contribution in [0.15, 0.2) is 12.3 Å². The molecule has 0 saturated carbocycles. The molecular weight excluding hydrogens is 244 g/mol. The Kier molecular flexibility index (Phi) is 6.05.